The van der Waals surface area contributed by atoms with Crippen LogP contribution in [0.15, 0.2) is 18.2 Å². The summed E-state index contributed by atoms with van der Waals surface area (Å²) in [7, 11) is 1.74. The van der Waals surface area contributed by atoms with Crippen LogP contribution in [-0.4, -0.2) is 29.3 Å². The Balaban J connectivity index is 2.02. The fraction of sp³-hybridized carbons (Fsp3) is 0.533. The zero-order valence-corrected chi connectivity index (χ0v) is 11.9. The van der Waals surface area contributed by atoms with Crippen molar-refractivity contribution in [3.63, 3.8) is 0 Å². The first kappa shape index (κ1) is 13.5. The summed E-state index contributed by atoms with van der Waals surface area (Å²) in [6, 6.07) is 5.01. The van der Waals surface area contributed by atoms with Crippen LogP contribution in [0.2, 0.25) is 0 Å². The summed E-state index contributed by atoms with van der Waals surface area (Å²) in [5.74, 6) is 0.756. The third kappa shape index (κ3) is 2.31. The average Bonchev–Trinajstić information content (AvgIpc) is 3.03. The molecule has 1 aliphatic rings. The second-order valence-electron chi connectivity index (χ2n) is 5.31. The van der Waals surface area contributed by atoms with Crippen LogP contribution in [0.25, 0.3) is 11.0 Å². The van der Waals surface area contributed by atoms with Gasteiger partial charge >= 0.3 is 0 Å². The molecule has 4 nitrogen and oxygen atoms in total. The third-order valence-electron chi connectivity index (χ3n) is 3.92. The lowest BCUT2D eigenvalue weighted by Gasteiger charge is -2.13. The normalized spacial score (nSPS) is 22.8. The monoisotopic (exact) mass is 277 g/mol. The maximum Gasteiger partial charge on any atom is 0.127 e. The molecular formula is C15H20FN3O. The number of nitrogens with zero attached hydrogens (tertiary/aromatic N) is 2. The highest BCUT2D eigenvalue weighted by molar-refractivity contribution is 5.76. The molecular weight excluding hydrogens is 257 g/mol. The Labute approximate surface area is 117 Å². The van der Waals surface area contributed by atoms with Gasteiger partial charge in [-0.15, -0.1) is 0 Å². The molecule has 0 aliphatic carbocycles. The van der Waals surface area contributed by atoms with E-state index < -0.39 is 0 Å². The van der Waals surface area contributed by atoms with E-state index in [1.165, 1.54) is 12.1 Å². The molecule has 0 amide bonds. The van der Waals surface area contributed by atoms with Crippen molar-refractivity contribution < 1.29 is 9.13 Å². The molecule has 1 saturated heterocycles. The van der Waals surface area contributed by atoms with Crippen LogP contribution < -0.4 is 5.32 Å². The summed E-state index contributed by atoms with van der Waals surface area (Å²) in [6.45, 7) is 3.87. The topological polar surface area (TPSA) is 39.1 Å². The standard InChI is InChI=1S/C15H20FN3O/c1-3-6-19-14-5-4-10(16)7-12(14)18-15(19)13-8-11(20-2)9-17-13/h4-5,7,11,13,17H,3,6,8-9H2,1-2H3. The van der Waals surface area contributed by atoms with Crippen LogP contribution in [-0.2, 0) is 11.3 Å². The maximum atomic E-state index is 13.4. The van der Waals surface area contributed by atoms with Crippen molar-refractivity contribution in [2.75, 3.05) is 13.7 Å². The Morgan fingerprint density at radius 3 is 3.05 bits per heavy atom. The predicted octanol–water partition coefficient (Wildman–Crippen LogP) is 2.63. The predicted molar refractivity (Wildman–Crippen MR) is 76.1 cm³/mol. The fourth-order valence-electron chi connectivity index (χ4n) is 2.93. The van der Waals surface area contributed by atoms with Gasteiger partial charge in [-0.2, -0.15) is 0 Å². The van der Waals surface area contributed by atoms with Gasteiger partial charge in [-0.25, -0.2) is 9.37 Å². The zero-order valence-electron chi connectivity index (χ0n) is 11.9. The Bertz CT molecular complexity index is 610. The molecule has 2 unspecified atom stereocenters. The molecule has 1 aromatic heterocycles. The van der Waals surface area contributed by atoms with Crippen molar-refractivity contribution in [2.24, 2.45) is 0 Å². The zero-order chi connectivity index (χ0) is 14.1. The van der Waals surface area contributed by atoms with Crippen molar-refractivity contribution >= 4 is 11.0 Å². The Morgan fingerprint density at radius 1 is 1.50 bits per heavy atom. The van der Waals surface area contributed by atoms with Gasteiger partial charge in [-0.1, -0.05) is 6.92 Å². The summed E-state index contributed by atoms with van der Waals surface area (Å²) in [5, 5.41) is 3.45. The molecule has 1 N–H and O–H groups in total. The average molecular weight is 277 g/mol. The summed E-state index contributed by atoms with van der Waals surface area (Å²) < 4.78 is 21.0. The lowest BCUT2D eigenvalue weighted by Crippen LogP contribution is -2.19. The van der Waals surface area contributed by atoms with Crippen LogP contribution in [0, 0.1) is 5.82 Å². The highest BCUT2D eigenvalue weighted by Gasteiger charge is 2.29. The summed E-state index contributed by atoms with van der Waals surface area (Å²) in [4.78, 5) is 4.65. The largest absolute Gasteiger partial charge is 0.380 e. The first-order valence-corrected chi connectivity index (χ1v) is 7.14. The number of ether oxygens (including phenoxy) is 1. The number of imidazole rings is 1. The molecule has 0 spiro atoms. The van der Waals surface area contributed by atoms with E-state index in [4.69, 9.17) is 4.74 Å². The summed E-state index contributed by atoms with van der Waals surface area (Å²) in [5.41, 5.74) is 1.74. The molecule has 0 saturated carbocycles. The number of aryl methyl sites for hydroxylation is 1. The number of fused-ring (bicyclic) bond motifs is 1. The molecule has 1 aromatic carbocycles. The van der Waals surface area contributed by atoms with E-state index in [0.717, 1.165) is 42.8 Å². The van der Waals surface area contributed by atoms with Crippen LogP contribution in [0.1, 0.15) is 31.6 Å². The van der Waals surface area contributed by atoms with Gasteiger partial charge in [-0.05, 0) is 25.0 Å². The van der Waals surface area contributed by atoms with E-state index in [1.54, 1.807) is 7.11 Å². The van der Waals surface area contributed by atoms with E-state index in [-0.39, 0.29) is 18.0 Å². The molecule has 2 atom stereocenters. The lowest BCUT2D eigenvalue weighted by atomic mass is 10.2. The van der Waals surface area contributed by atoms with Crippen molar-refractivity contribution in [1.29, 1.82) is 0 Å². The van der Waals surface area contributed by atoms with Gasteiger partial charge in [0.1, 0.15) is 11.6 Å². The highest BCUT2D eigenvalue weighted by Crippen LogP contribution is 2.28. The molecule has 2 heterocycles. The first-order valence-electron chi connectivity index (χ1n) is 7.14. The summed E-state index contributed by atoms with van der Waals surface area (Å²) in [6.07, 6.45) is 2.16. The number of halogens is 1. The van der Waals surface area contributed by atoms with Crippen molar-refractivity contribution in [2.45, 2.75) is 38.5 Å². The molecule has 1 aliphatic heterocycles. The van der Waals surface area contributed by atoms with Gasteiger partial charge in [0, 0.05) is 26.3 Å². The van der Waals surface area contributed by atoms with Gasteiger partial charge in [0.15, 0.2) is 0 Å². The molecule has 2 aromatic rings. The SMILES string of the molecule is CCCn1c(C2CC(OC)CN2)nc2cc(F)ccc21. The van der Waals surface area contributed by atoms with E-state index in [9.17, 15) is 4.39 Å². The van der Waals surface area contributed by atoms with Crippen LogP contribution in [0.4, 0.5) is 4.39 Å². The van der Waals surface area contributed by atoms with Gasteiger partial charge in [0.05, 0.1) is 23.2 Å². The quantitative estimate of drug-likeness (QED) is 0.933. The number of nitrogens with one attached hydrogen (secondary N) is 1. The Hall–Kier alpha value is -1.46. The number of rotatable bonds is 4. The van der Waals surface area contributed by atoms with E-state index in [1.807, 2.05) is 6.07 Å². The minimum Gasteiger partial charge on any atom is -0.380 e. The van der Waals surface area contributed by atoms with Gasteiger partial charge in [0.2, 0.25) is 0 Å². The van der Waals surface area contributed by atoms with Crippen molar-refractivity contribution in [1.82, 2.24) is 14.9 Å². The maximum absolute atomic E-state index is 13.4. The van der Waals surface area contributed by atoms with E-state index in [0.29, 0.717) is 0 Å². The first-order chi connectivity index (χ1) is 9.72. The number of aromatic nitrogens is 2. The minimum atomic E-state index is -0.237. The molecule has 20 heavy (non-hydrogen) atoms. The van der Waals surface area contributed by atoms with Crippen molar-refractivity contribution in [3.05, 3.63) is 29.8 Å². The van der Waals surface area contributed by atoms with Gasteiger partial charge < -0.3 is 14.6 Å². The minimum absolute atomic E-state index is 0.182. The highest BCUT2D eigenvalue weighted by atomic mass is 19.1. The lowest BCUT2D eigenvalue weighted by molar-refractivity contribution is 0.117. The molecule has 3 rings (SSSR count). The smallest absolute Gasteiger partial charge is 0.127 e. The third-order valence-corrected chi connectivity index (χ3v) is 3.92. The molecule has 0 radical (unpaired) electrons. The van der Waals surface area contributed by atoms with Crippen LogP contribution in [0.5, 0.6) is 0 Å². The molecule has 5 heteroatoms. The van der Waals surface area contributed by atoms with E-state index in [2.05, 4.69) is 21.8 Å². The Kier molecular flexibility index (Phi) is 3.72. The number of hydrogen-bond acceptors (Lipinski definition) is 3. The van der Waals surface area contributed by atoms with Gasteiger partial charge in [0.25, 0.3) is 0 Å². The number of hydrogen-bond donors (Lipinski definition) is 1. The number of methoxy groups -OCH3 is 1. The van der Waals surface area contributed by atoms with E-state index >= 15 is 0 Å². The molecule has 108 valence electrons. The summed E-state index contributed by atoms with van der Waals surface area (Å²) >= 11 is 0. The fourth-order valence-corrected chi connectivity index (χ4v) is 2.93. The molecule has 0 bridgehead atoms. The van der Waals surface area contributed by atoms with Crippen LogP contribution >= 0.6 is 0 Å². The Morgan fingerprint density at radius 2 is 2.35 bits per heavy atom. The second kappa shape index (κ2) is 5.50. The second-order valence-corrected chi connectivity index (χ2v) is 5.31. The number of benzene rings is 1. The van der Waals surface area contributed by atoms with Crippen molar-refractivity contribution in [3.8, 4) is 0 Å². The van der Waals surface area contributed by atoms with Crippen LogP contribution in [0.3, 0.4) is 0 Å². The molecule has 1 fully saturated rings. The van der Waals surface area contributed by atoms with Gasteiger partial charge in [-0.3, -0.25) is 0 Å².